The van der Waals surface area contributed by atoms with Crippen LogP contribution < -0.4 is 9.62 Å². The van der Waals surface area contributed by atoms with Crippen molar-refractivity contribution in [1.82, 2.24) is 5.32 Å². The number of hydrogen-bond donors (Lipinski definition) is 1. The van der Waals surface area contributed by atoms with Gasteiger partial charge in [0, 0.05) is 12.7 Å². The summed E-state index contributed by atoms with van der Waals surface area (Å²) in [5.74, 6) is -0.871. The van der Waals surface area contributed by atoms with E-state index in [0.29, 0.717) is 10.6 Å². The number of sulfonamides is 1. The van der Waals surface area contributed by atoms with Gasteiger partial charge >= 0.3 is 0 Å². The van der Waals surface area contributed by atoms with E-state index in [1.807, 2.05) is 30.3 Å². The predicted octanol–water partition coefficient (Wildman–Crippen LogP) is 4.05. The van der Waals surface area contributed by atoms with E-state index in [4.69, 9.17) is 0 Å². The second-order valence-electron chi connectivity index (χ2n) is 6.48. The molecule has 3 aromatic rings. The van der Waals surface area contributed by atoms with E-state index in [-0.39, 0.29) is 23.8 Å². The van der Waals surface area contributed by atoms with Crippen LogP contribution in [0.3, 0.4) is 0 Å². The third kappa shape index (κ3) is 3.81. The first kappa shape index (κ1) is 19.4. The molecule has 0 amide bonds. The summed E-state index contributed by atoms with van der Waals surface area (Å²) in [4.78, 5) is 12.9. The largest absolute Gasteiger partial charge is 0.386 e. The highest BCUT2D eigenvalue weighted by molar-refractivity contribution is 7.97. The van der Waals surface area contributed by atoms with Crippen molar-refractivity contribution in [3.05, 3.63) is 99.0 Å². The van der Waals surface area contributed by atoms with Crippen molar-refractivity contribution in [3.63, 3.8) is 0 Å². The zero-order valence-electron chi connectivity index (χ0n) is 15.2. The minimum Gasteiger partial charge on any atom is -0.386 e. The summed E-state index contributed by atoms with van der Waals surface area (Å²) in [6.45, 7) is 0.401. The number of carbonyl (C=O) groups is 1. The Morgan fingerprint density at radius 1 is 1.00 bits per heavy atom. The van der Waals surface area contributed by atoms with Crippen LogP contribution in [0.4, 0.5) is 10.1 Å². The van der Waals surface area contributed by atoms with E-state index in [1.54, 1.807) is 23.6 Å². The van der Waals surface area contributed by atoms with Gasteiger partial charge in [0.2, 0.25) is 5.78 Å². The van der Waals surface area contributed by atoms with Crippen LogP contribution in [0.1, 0.15) is 20.8 Å². The molecule has 1 aromatic heterocycles. The fourth-order valence-corrected chi connectivity index (χ4v) is 5.58. The summed E-state index contributed by atoms with van der Waals surface area (Å²) in [7, 11) is -4.03. The quantitative estimate of drug-likeness (QED) is 0.623. The Hall–Kier alpha value is -2.97. The highest BCUT2D eigenvalue weighted by Crippen LogP contribution is 2.39. The fourth-order valence-electron chi connectivity index (χ4n) is 3.07. The molecule has 8 heteroatoms. The standard InChI is InChI=1S/C21H17FN2O3S2/c22-17-8-6-15(7-9-17)12-23-13-19-20(25)21-18(10-11-28-21)24(29(19,26)27)14-16-4-2-1-3-5-16/h1-11,13,23H,12,14H2. The summed E-state index contributed by atoms with van der Waals surface area (Å²) in [5.41, 5.74) is 1.99. The van der Waals surface area contributed by atoms with Crippen molar-refractivity contribution in [1.29, 1.82) is 0 Å². The molecule has 0 bridgehead atoms. The zero-order chi connectivity index (χ0) is 20.4. The number of rotatable bonds is 5. The average molecular weight is 429 g/mol. The molecule has 2 aromatic carbocycles. The SMILES string of the molecule is O=C1C(=CNCc2ccc(F)cc2)S(=O)(=O)N(Cc2ccccc2)c2ccsc21. The smallest absolute Gasteiger partial charge is 0.270 e. The van der Waals surface area contributed by atoms with Gasteiger partial charge in [0.25, 0.3) is 10.0 Å². The van der Waals surface area contributed by atoms with Crippen molar-refractivity contribution in [2.75, 3.05) is 4.31 Å². The Bertz CT molecular complexity index is 1170. The van der Waals surface area contributed by atoms with Crippen molar-refractivity contribution in [2.45, 2.75) is 13.1 Å². The molecule has 0 unspecified atom stereocenters. The number of anilines is 1. The van der Waals surface area contributed by atoms with Gasteiger partial charge in [-0.05, 0) is 34.7 Å². The van der Waals surface area contributed by atoms with E-state index < -0.39 is 15.8 Å². The van der Waals surface area contributed by atoms with Crippen LogP contribution in [0.15, 0.2) is 77.1 Å². The topological polar surface area (TPSA) is 66.5 Å². The number of benzene rings is 2. The number of halogens is 1. The number of fused-ring (bicyclic) bond motifs is 1. The zero-order valence-corrected chi connectivity index (χ0v) is 16.8. The summed E-state index contributed by atoms with van der Waals surface area (Å²) < 4.78 is 40.7. The predicted molar refractivity (Wildman–Crippen MR) is 112 cm³/mol. The number of hydrogen-bond acceptors (Lipinski definition) is 5. The summed E-state index contributed by atoms with van der Waals surface area (Å²) in [6.07, 6.45) is 1.24. The molecule has 0 spiro atoms. The third-order valence-corrected chi connectivity index (χ3v) is 7.20. The highest BCUT2D eigenvalue weighted by Gasteiger charge is 2.41. The Morgan fingerprint density at radius 3 is 2.45 bits per heavy atom. The van der Waals surface area contributed by atoms with E-state index >= 15 is 0 Å². The van der Waals surface area contributed by atoms with E-state index in [2.05, 4.69) is 5.32 Å². The second kappa shape index (κ2) is 7.81. The summed E-state index contributed by atoms with van der Waals surface area (Å²) >= 11 is 1.22. The maximum Gasteiger partial charge on any atom is 0.270 e. The maximum absolute atomic E-state index is 13.2. The Balaban J connectivity index is 1.65. The summed E-state index contributed by atoms with van der Waals surface area (Å²) in [5, 5.41) is 4.59. The molecular formula is C21H17FN2O3S2. The lowest BCUT2D eigenvalue weighted by Crippen LogP contribution is -2.38. The molecule has 2 heterocycles. The average Bonchev–Trinajstić information content (AvgIpc) is 3.20. The number of nitrogens with zero attached hydrogens (tertiary/aromatic N) is 1. The lowest BCUT2D eigenvalue weighted by molar-refractivity contribution is 0.104. The minimum atomic E-state index is -4.03. The number of allylic oxidation sites excluding steroid dienone is 1. The van der Waals surface area contributed by atoms with Gasteiger partial charge in [-0.2, -0.15) is 0 Å². The van der Waals surface area contributed by atoms with Gasteiger partial charge in [0.15, 0.2) is 4.91 Å². The molecule has 0 aliphatic carbocycles. The van der Waals surface area contributed by atoms with E-state index in [1.165, 1.54) is 34.0 Å². The molecule has 1 N–H and O–H groups in total. The fraction of sp³-hybridized carbons (Fsp3) is 0.0952. The number of thiophene rings is 1. The van der Waals surface area contributed by atoms with Crippen molar-refractivity contribution in [2.24, 2.45) is 0 Å². The molecule has 0 radical (unpaired) electrons. The van der Waals surface area contributed by atoms with Crippen LogP contribution >= 0.6 is 11.3 Å². The van der Waals surface area contributed by atoms with Crippen molar-refractivity contribution < 1.29 is 17.6 Å². The minimum absolute atomic E-state index is 0.134. The van der Waals surface area contributed by atoms with Gasteiger partial charge in [-0.25, -0.2) is 12.8 Å². The first-order chi connectivity index (χ1) is 14.0. The Labute approximate surface area is 172 Å². The molecular weight excluding hydrogens is 411 g/mol. The van der Waals surface area contributed by atoms with Gasteiger partial charge in [0.1, 0.15) is 10.7 Å². The van der Waals surface area contributed by atoms with Crippen LogP contribution in [0, 0.1) is 5.82 Å². The molecule has 0 saturated carbocycles. The molecule has 0 saturated heterocycles. The lowest BCUT2D eigenvalue weighted by Gasteiger charge is -2.29. The first-order valence-electron chi connectivity index (χ1n) is 8.83. The van der Waals surface area contributed by atoms with Gasteiger partial charge in [0.05, 0.1) is 12.2 Å². The Kier molecular flexibility index (Phi) is 5.21. The van der Waals surface area contributed by atoms with Crippen LogP contribution in [-0.2, 0) is 23.1 Å². The third-order valence-electron chi connectivity index (χ3n) is 4.53. The molecule has 29 heavy (non-hydrogen) atoms. The van der Waals surface area contributed by atoms with Crippen LogP contribution in [0.25, 0.3) is 0 Å². The molecule has 4 rings (SSSR count). The van der Waals surface area contributed by atoms with E-state index in [0.717, 1.165) is 11.1 Å². The van der Waals surface area contributed by atoms with Gasteiger partial charge < -0.3 is 5.32 Å². The number of ketones is 1. The monoisotopic (exact) mass is 428 g/mol. The molecule has 0 atom stereocenters. The van der Waals surface area contributed by atoms with Gasteiger partial charge in [-0.15, -0.1) is 11.3 Å². The first-order valence-corrected chi connectivity index (χ1v) is 11.2. The number of Topliss-reactive ketones (excluding diaryl/α,β-unsaturated/α-hetero) is 1. The Morgan fingerprint density at radius 2 is 1.72 bits per heavy atom. The molecule has 1 aliphatic rings. The number of nitrogens with one attached hydrogen (secondary N) is 1. The second-order valence-corrected chi connectivity index (χ2v) is 9.22. The van der Waals surface area contributed by atoms with E-state index in [9.17, 15) is 17.6 Å². The highest BCUT2D eigenvalue weighted by atomic mass is 32.2. The lowest BCUT2D eigenvalue weighted by atomic mass is 10.2. The van der Waals surface area contributed by atoms with Gasteiger partial charge in [-0.1, -0.05) is 42.5 Å². The molecule has 5 nitrogen and oxygen atoms in total. The van der Waals surface area contributed by atoms with Crippen LogP contribution in [0.5, 0.6) is 0 Å². The maximum atomic E-state index is 13.2. The van der Waals surface area contributed by atoms with Crippen molar-refractivity contribution >= 4 is 32.8 Å². The van der Waals surface area contributed by atoms with Crippen LogP contribution in [0.2, 0.25) is 0 Å². The van der Waals surface area contributed by atoms with Crippen LogP contribution in [-0.4, -0.2) is 14.2 Å². The van der Waals surface area contributed by atoms with Gasteiger partial charge in [-0.3, -0.25) is 9.10 Å². The molecule has 148 valence electrons. The van der Waals surface area contributed by atoms with Crippen molar-refractivity contribution in [3.8, 4) is 0 Å². The molecule has 0 fully saturated rings. The normalized spacial score (nSPS) is 16.7. The number of carbonyl (C=O) groups excluding carboxylic acids is 1. The molecule has 1 aliphatic heterocycles. The summed E-state index contributed by atoms with van der Waals surface area (Å²) in [6, 6.07) is 16.7.